The van der Waals surface area contributed by atoms with Gasteiger partial charge in [-0.2, -0.15) is 0 Å². The van der Waals surface area contributed by atoms with Crippen LogP contribution in [0.25, 0.3) is 10.6 Å². The zero-order valence-corrected chi connectivity index (χ0v) is 18.7. The molecule has 33 heavy (non-hydrogen) atoms. The molecular weight excluding hydrogens is 434 g/mol. The average molecular weight is 458 g/mol. The van der Waals surface area contributed by atoms with E-state index in [4.69, 9.17) is 0 Å². The maximum atomic E-state index is 12.5. The minimum absolute atomic E-state index is 0.369. The first-order valence-electron chi connectivity index (χ1n) is 10.8. The van der Waals surface area contributed by atoms with E-state index in [2.05, 4.69) is 35.5 Å². The predicted octanol–water partition coefficient (Wildman–Crippen LogP) is 5.02. The van der Waals surface area contributed by atoms with Gasteiger partial charge in [0.25, 0.3) is 0 Å². The summed E-state index contributed by atoms with van der Waals surface area (Å²) in [5.41, 5.74) is 1.02. The molecule has 0 spiro atoms. The second kappa shape index (κ2) is 9.74. The molecule has 0 radical (unpaired) electrons. The molecule has 1 aliphatic rings. The Morgan fingerprint density at radius 2 is 1.64 bits per heavy atom. The Bertz CT molecular complexity index is 1210. The van der Waals surface area contributed by atoms with Gasteiger partial charge in [-0.25, -0.2) is 24.7 Å². The number of carbonyl (C=O) groups is 1. The van der Waals surface area contributed by atoms with Crippen LogP contribution in [0.4, 0.5) is 22.2 Å². The maximum Gasteiger partial charge on any atom is 0.326 e. The van der Waals surface area contributed by atoms with E-state index in [0.717, 1.165) is 48.1 Å². The molecule has 2 N–H and O–H groups in total. The third-order valence-electron chi connectivity index (χ3n) is 5.51. The van der Waals surface area contributed by atoms with Crippen molar-refractivity contribution in [3.63, 3.8) is 0 Å². The molecule has 0 saturated carbocycles. The first kappa shape index (κ1) is 21.0. The van der Waals surface area contributed by atoms with Crippen molar-refractivity contribution in [2.75, 3.05) is 28.6 Å². The number of amides is 2. The van der Waals surface area contributed by atoms with Gasteiger partial charge in [-0.3, -0.25) is 10.6 Å². The van der Waals surface area contributed by atoms with Gasteiger partial charge in [0.2, 0.25) is 0 Å². The molecular formula is C24H23N7OS. The lowest BCUT2D eigenvalue weighted by atomic mass is 9.96. The Morgan fingerprint density at radius 3 is 2.42 bits per heavy atom. The maximum absolute atomic E-state index is 12.5. The van der Waals surface area contributed by atoms with Gasteiger partial charge in [-0.15, -0.1) is 11.3 Å². The number of thiazole rings is 1. The zero-order chi connectivity index (χ0) is 22.5. The number of hydrogen-bond donors (Lipinski definition) is 2. The molecule has 3 aromatic heterocycles. The minimum Gasteiger partial charge on any atom is -0.357 e. The summed E-state index contributed by atoms with van der Waals surface area (Å²) in [6.45, 7) is 1.74. The van der Waals surface area contributed by atoms with E-state index in [1.807, 2.05) is 53.9 Å². The van der Waals surface area contributed by atoms with Gasteiger partial charge < -0.3 is 4.90 Å². The Hall–Kier alpha value is -3.85. The van der Waals surface area contributed by atoms with Crippen molar-refractivity contribution in [2.45, 2.75) is 18.8 Å². The van der Waals surface area contributed by atoms with Gasteiger partial charge in [0.1, 0.15) is 28.3 Å². The Morgan fingerprint density at radius 1 is 0.879 bits per heavy atom. The number of anilines is 3. The SMILES string of the molecule is O=C(Nc1cccc(N2CCC(c3ncccn3)CC2)n1)Nc1csc(-c2ccccc2)n1. The van der Waals surface area contributed by atoms with Crippen molar-refractivity contribution in [3.05, 3.63) is 78.2 Å². The summed E-state index contributed by atoms with van der Waals surface area (Å²) in [6.07, 6.45) is 5.53. The second-order valence-electron chi connectivity index (χ2n) is 7.73. The fourth-order valence-electron chi connectivity index (χ4n) is 3.87. The summed E-state index contributed by atoms with van der Waals surface area (Å²) in [5, 5.41) is 8.28. The van der Waals surface area contributed by atoms with Crippen LogP contribution in [0, 0.1) is 0 Å². The lowest BCUT2D eigenvalue weighted by Gasteiger charge is -2.32. The van der Waals surface area contributed by atoms with E-state index in [9.17, 15) is 4.79 Å². The number of pyridine rings is 1. The van der Waals surface area contributed by atoms with Crippen molar-refractivity contribution in [3.8, 4) is 10.6 Å². The molecule has 1 aliphatic heterocycles. The van der Waals surface area contributed by atoms with E-state index in [0.29, 0.717) is 17.6 Å². The Kier molecular flexibility index (Phi) is 6.21. The van der Waals surface area contributed by atoms with Crippen LogP contribution in [0.5, 0.6) is 0 Å². The van der Waals surface area contributed by atoms with Crippen LogP contribution in [-0.2, 0) is 0 Å². The number of aromatic nitrogens is 4. The molecule has 2 amide bonds. The number of benzene rings is 1. The smallest absolute Gasteiger partial charge is 0.326 e. The van der Waals surface area contributed by atoms with Crippen molar-refractivity contribution < 1.29 is 4.79 Å². The van der Waals surface area contributed by atoms with E-state index in [-0.39, 0.29) is 6.03 Å². The van der Waals surface area contributed by atoms with Crippen LogP contribution < -0.4 is 15.5 Å². The number of nitrogens with zero attached hydrogens (tertiary/aromatic N) is 5. The summed E-state index contributed by atoms with van der Waals surface area (Å²) in [5.74, 6) is 3.14. The second-order valence-corrected chi connectivity index (χ2v) is 8.59. The highest BCUT2D eigenvalue weighted by atomic mass is 32.1. The summed E-state index contributed by atoms with van der Waals surface area (Å²) >= 11 is 1.49. The van der Waals surface area contributed by atoms with Crippen LogP contribution in [0.3, 0.4) is 0 Å². The number of urea groups is 1. The number of nitrogens with one attached hydrogen (secondary N) is 2. The molecule has 166 valence electrons. The average Bonchev–Trinajstić information content (AvgIpc) is 3.34. The molecule has 0 bridgehead atoms. The number of rotatable bonds is 5. The molecule has 1 aromatic carbocycles. The molecule has 0 aliphatic carbocycles. The highest BCUT2D eigenvalue weighted by Gasteiger charge is 2.23. The van der Waals surface area contributed by atoms with Crippen molar-refractivity contribution in [1.82, 2.24) is 19.9 Å². The van der Waals surface area contributed by atoms with Crippen LogP contribution in [-0.4, -0.2) is 39.1 Å². The molecule has 0 unspecified atom stereocenters. The Labute approximate surface area is 195 Å². The van der Waals surface area contributed by atoms with E-state index < -0.39 is 0 Å². The first-order valence-corrected chi connectivity index (χ1v) is 11.7. The highest BCUT2D eigenvalue weighted by molar-refractivity contribution is 7.13. The van der Waals surface area contributed by atoms with Crippen molar-refractivity contribution >= 4 is 34.8 Å². The molecule has 8 nitrogen and oxygen atoms in total. The zero-order valence-electron chi connectivity index (χ0n) is 17.9. The third kappa shape index (κ3) is 5.15. The molecule has 4 heterocycles. The van der Waals surface area contributed by atoms with Crippen LogP contribution in [0.1, 0.15) is 24.6 Å². The standard InChI is InChI=1S/C24H23N7OS/c32-24(30-20-16-33-23(28-20)18-6-2-1-3-7-18)29-19-8-4-9-21(27-19)31-14-10-17(11-15-31)22-25-12-5-13-26-22/h1-9,12-13,16-17H,10-11,14-15H2,(H2,27,29,30,32). The fourth-order valence-corrected chi connectivity index (χ4v) is 4.62. The molecule has 0 atom stereocenters. The lowest BCUT2D eigenvalue weighted by molar-refractivity contribution is 0.262. The number of carbonyl (C=O) groups excluding carboxylic acids is 1. The van der Waals surface area contributed by atoms with Gasteiger partial charge in [0.05, 0.1) is 0 Å². The van der Waals surface area contributed by atoms with Crippen LogP contribution >= 0.6 is 11.3 Å². The molecule has 1 saturated heterocycles. The van der Waals surface area contributed by atoms with Crippen LogP contribution in [0.15, 0.2) is 72.4 Å². The van der Waals surface area contributed by atoms with Gasteiger partial charge >= 0.3 is 6.03 Å². The minimum atomic E-state index is -0.371. The van der Waals surface area contributed by atoms with Gasteiger partial charge in [0.15, 0.2) is 0 Å². The summed E-state index contributed by atoms with van der Waals surface area (Å²) < 4.78 is 0. The first-order chi connectivity index (χ1) is 16.2. The quantitative estimate of drug-likeness (QED) is 0.437. The normalized spacial score (nSPS) is 14.1. The fraction of sp³-hybridized carbons (Fsp3) is 0.208. The van der Waals surface area contributed by atoms with Crippen molar-refractivity contribution in [1.29, 1.82) is 0 Å². The molecule has 9 heteroatoms. The molecule has 5 rings (SSSR count). The lowest BCUT2D eigenvalue weighted by Crippen LogP contribution is -2.34. The molecule has 4 aromatic rings. The van der Waals surface area contributed by atoms with Crippen LogP contribution in [0.2, 0.25) is 0 Å². The topological polar surface area (TPSA) is 95.9 Å². The predicted molar refractivity (Wildman–Crippen MR) is 131 cm³/mol. The summed E-state index contributed by atoms with van der Waals surface area (Å²) in [7, 11) is 0. The van der Waals surface area contributed by atoms with E-state index in [1.54, 1.807) is 18.5 Å². The van der Waals surface area contributed by atoms with Gasteiger partial charge in [0, 0.05) is 42.3 Å². The number of hydrogen-bond acceptors (Lipinski definition) is 7. The number of piperidine rings is 1. The largest absolute Gasteiger partial charge is 0.357 e. The Balaban J connectivity index is 1.18. The monoisotopic (exact) mass is 457 g/mol. The third-order valence-corrected chi connectivity index (χ3v) is 6.40. The molecule has 1 fully saturated rings. The summed E-state index contributed by atoms with van der Waals surface area (Å²) in [4.78, 5) is 32.6. The van der Waals surface area contributed by atoms with Crippen molar-refractivity contribution in [2.24, 2.45) is 0 Å². The van der Waals surface area contributed by atoms with E-state index >= 15 is 0 Å². The van der Waals surface area contributed by atoms with E-state index in [1.165, 1.54) is 11.3 Å². The summed E-state index contributed by atoms with van der Waals surface area (Å²) in [6, 6.07) is 17.0. The highest BCUT2D eigenvalue weighted by Crippen LogP contribution is 2.28. The van der Waals surface area contributed by atoms with Gasteiger partial charge in [-0.1, -0.05) is 36.4 Å². The van der Waals surface area contributed by atoms with Gasteiger partial charge in [-0.05, 0) is 31.0 Å².